The number of hydrogen-bond acceptors (Lipinski definition) is 2. The van der Waals surface area contributed by atoms with Gasteiger partial charge in [-0.15, -0.1) is 0 Å². The molecule has 0 bridgehead atoms. The van der Waals surface area contributed by atoms with Gasteiger partial charge in [-0.3, -0.25) is 10.4 Å². The first-order valence-electron chi connectivity index (χ1n) is 10.3. The van der Waals surface area contributed by atoms with Crippen LogP contribution in [0.15, 0.2) is 66.9 Å². The van der Waals surface area contributed by atoms with Gasteiger partial charge in [0.1, 0.15) is 5.84 Å². The van der Waals surface area contributed by atoms with Crippen LogP contribution in [-0.2, 0) is 0 Å². The maximum Gasteiger partial charge on any atom is 0.122 e. The first-order chi connectivity index (χ1) is 14.0. The fourth-order valence-corrected chi connectivity index (χ4v) is 4.49. The van der Waals surface area contributed by atoms with Gasteiger partial charge >= 0.3 is 0 Å². The lowest BCUT2D eigenvalue weighted by molar-refractivity contribution is 0.834. The van der Waals surface area contributed by atoms with Gasteiger partial charge in [-0.25, -0.2) is 0 Å². The summed E-state index contributed by atoms with van der Waals surface area (Å²) in [6.07, 6.45) is 3.11. The van der Waals surface area contributed by atoms with Crippen LogP contribution in [0, 0.1) is 5.41 Å². The lowest BCUT2D eigenvalue weighted by Gasteiger charge is -2.11. The van der Waals surface area contributed by atoms with Gasteiger partial charge in [0.05, 0.1) is 5.69 Å². The number of nitrogens with zero attached hydrogens (tertiary/aromatic N) is 1. The van der Waals surface area contributed by atoms with Crippen molar-refractivity contribution in [3.8, 4) is 0 Å². The molecule has 0 spiro atoms. The van der Waals surface area contributed by atoms with Crippen LogP contribution in [-0.4, -0.2) is 10.8 Å². The monoisotopic (exact) mass is 379 g/mol. The molecule has 29 heavy (non-hydrogen) atoms. The van der Waals surface area contributed by atoms with Crippen LogP contribution in [0.2, 0.25) is 0 Å². The third-order valence-electron chi connectivity index (χ3n) is 6.19. The number of amidine groups is 1. The number of aromatic nitrogens is 1. The molecule has 0 radical (unpaired) electrons. The summed E-state index contributed by atoms with van der Waals surface area (Å²) in [4.78, 5) is 4.63. The lowest BCUT2D eigenvalue weighted by atomic mass is 9.96. The van der Waals surface area contributed by atoms with Gasteiger partial charge in [0.25, 0.3) is 0 Å². The zero-order chi connectivity index (χ0) is 20.1. The molecule has 0 saturated heterocycles. The molecule has 1 aliphatic carbocycles. The Hall–Kier alpha value is -3.20. The van der Waals surface area contributed by atoms with E-state index in [0.29, 0.717) is 17.8 Å². The van der Waals surface area contributed by atoms with E-state index in [0.717, 1.165) is 10.9 Å². The third kappa shape index (κ3) is 3.17. The predicted octanol–water partition coefficient (Wildman–Crippen LogP) is 6.07. The van der Waals surface area contributed by atoms with Crippen molar-refractivity contribution in [2.24, 2.45) is 5.73 Å². The van der Waals surface area contributed by atoms with E-state index in [9.17, 15) is 0 Å². The van der Waals surface area contributed by atoms with Crippen LogP contribution in [0.25, 0.3) is 21.5 Å². The first-order valence-corrected chi connectivity index (χ1v) is 10.3. The Bertz CT molecular complexity index is 1260. The fraction of sp³-hybridized carbons (Fsp3) is 0.231. The zero-order valence-corrected chi connectivity index (χ0v) is 16.8. The summed E-state index contributed by atoms with van der Waals surface area (Å²) in [5.41, 5.74) is 10.4. The number of benzene rings is 3. The molecule has 144 valence electrons. The number of fused-ring (bicyclic) bond motifs is 2. The largest absolute Gasteiger partial charge is 0.384 e. The highest BCUT2D eigenvalue weighted by Crippen LogP contribution is 2.55. The average Bonchev–Trinajstić information content (AvgIpc) is 3.53. The number of nitrogens with one attached hydrogen (secondary N) is 1. The second-order valence-electron chi connectivity index (χ2n) is 8.52. The zero-order valence-electron chi connectivity index (χ0n) is 16.8. The number of rotatable bonds is 4. The first kappa shape index (κ1) is 17.9. The Morgan fingerprint density at radius 2 is 1.55 bits per heavy atom. The summed E-state index contributed by atoms with van der Waals surface area (Å²) in [5, 5.41) is 12.5. The number of nitrogens with two attached hydrogens (primary N) is 1. The molecular weight excluding hydrogens is 354 g/mol. The molecule has 2 unspecified atom stereocenters. The van der Waals surface area contributed by atoms with Crippen molar-refractivity contribution in [2.75, 3.05) is 0 Å². The summed E-state index contributed by atoms with van der Waals surface area (Å²) in [6, 6.07) is 21.7. The third-order valence-corrected chi connectivity index (χ3v) is 6.19. The summed E-state index contributed by atoms with van der Waals surface area (Å²) in [5.74, 6) is 1.69. The van der Waals surface area contributed by atoms with E-state index in [1.54, 1.807) is 0 Å². The highest BCUT2D eigenvalue weighted by Gasteiger charge is 2.39. The van der Waals surface area contributed by atoms with Crippen LogP contribution in [0.1, 0.15) is 60.4 Å². The van der Waals surface area contributed by atoms with Gasteiger partial charge in [-0.05, 0) is 69.7 Å². The normalized spacial score (nSPS) is 18.4. The molecule has 1 saturated carbocycles. The maximum absolute atomic E-state index is 7.62. The molecule has 2 atom stereocenters. The minimum atomic E-state index is 0.116. The molecule has 4 aromatic rings. The Morgan fingerprint density at radius 1 is 0.897 bits per heavy atom. The number of nitrogen functional groups attached to an aromatic ring is 1. The Morgan fingerprint density at radius 3 is 2.28 bits per heavy atom. The standard InChI is InChI=1S/C26H25N3/c1-15(2)25-24-13-20(6-3-16(24)9-10-29-25)23-14-22(23)19-7-4-18-12-21(26(27)28)8-5-17(18)11-19/h3-13,15,22-23H,14H2,1-2H3,(H3,27,28). The van der Waals surface area contributed by atoms with E-state index in [1.165, 1.54) is 39.4 Å². The maximum atomic E-state index is 7.62. The van der Waals surface area contributed by atoms with Gasteiger partial charge in [-0.2, -0.15) is 0 Å². The molecular formula is C26H25N3. The molecule has 1 aromatic heterocycles. The van der Waals surface area contributed by atoms with Gasteiger partial charge in [-0.1, -0.05) is 56.3 Å². The minimum Gasteiger partial charge on any atom is -0.384 e. The highest BCUT2D eigenvalue weighted by atomic mass is 14.7. The Kier molecular flexibility index (Phi) is 4.13. The van der Waals surface area contributed by atoms with Crippen molar-refractivity contribution < 1.29 is 0 Å². The predicted molar refractivity (Wildman–Crippen MR) is 121 cm³/mol. The minimum absolute atomic E-state index is 0.116. The van der Waals surface area contributed by atoms with Crippen LogP contribution >= 0.6 is 0 Å². The van der Waals surface area contributed by atoms with Crippen LogP contribution in [0.5, 0.6) is 0 Å². The quantitative estimate of drug-likeness (QED) is 0.334. The molecule has 1 heterocycles. The van der Waals surface area contributed by atoms with Crippen molar-refractivity contribution in [1.82, 2.24) is 4.98 Å². The van der Waals surface area contributed by atoms with E-state index in [-0.39, 0.29) is 5.84 Å². The van der Waals surface area contributed by atoms with Gasteiger partial charge < -0.3 is 5.73 Å². The molecule has 5 rings (SSSR count). The molecule has 1 aliphatic rings. The van der Waals surface area contributed by atoms with Crippen molar-refractivity contribution >= 4 is 27.4 Å². The van der Waals surface area contributed by atoms with Crippen LogP contribution in [0.3, 0.4) is 0 Å². The number of hydrogen-bond donors (Lipinski definition) is 2. The van der Waals surface area contributed by atoms with Crippen molar-refractivity contribution in [2.45, 2.75) is 38.0 Å². The Balaban J connectivity index is 1.46. The van der Waals surface area contributed by atoms with Gasteiger partial charge in [0.2, 0.25) is 0 Å². The second-order valence-corrected chi connectivity index (χ2v) is 8.52. The smallest absolute Gasteiger partial charge is 0.122 e. The molecule has 0 amide bonds. The van der Waals surface area contributed by atoms with E-state index in [2.05, 4.69) is 67.4 Å². The molecule has 3 aromatic carbocycles. The van der Waals surface area contributed by atoms with E-state index >= 15 is 0 Å². The van der Waals surface area contributed by atoms with Crippen molar-refractivity contribution in [3.63, 3.8) is 0 Å². The topological polar surface area (TPSA) is 62.8 Å². The van der Waals surface area contributed by atoms with Gasteiger partial charge in [0.15, 0.2) is 0 Å². The van der Waals surface area contributed by atoms with Crippen molar-refractivity contribution in [1.29, 1.82) is 5.41 Å². The van der Waals surface area contributed by atoms with Gasteiger partial charge in [0, 0.05) is 17.1 Å². The summed E-state index contributed by atoms with van der Waals surface area (Å²) < 4.78 is 0. The average molecular weight is 380 g/mol. The van der Waals surface area contributed by atoms with E-state index < -0.39 is 0 Å². The summed E-state index contributed by atoms with van der Waals surface area (Å²) in [7, 11) is 0. The molecule has 3 heteroatoms. The lowest BCUT2D eigenvalue weighted by Crippen LogP contribution is -2.10. The summed E-state index contributed by atoms with van der Waals surface area (Å²) in [6.45, 7) is 4.42. The highest BCUT2D eigenvalue weighted by molar-refractivity contribution is 5.99. The SMILES string of the molecule is CC(C)c1nccc2ccc(C3CC3c3ccc4cc(C(=N)N)ccc4c3)cc12. The van der Waals surface area contributed by atoms with Crippen LogP contribution < -0.4 is 5.73 Å². The van der Waals surface area contributed by atoms with E-state index in [4.69, 9.17) is 11.1 Å². The van der Waals surface area contributed by atoms with E-state index in [1.807, 2.05) is 18.3 Å². The molecule has 0 aliphatic heterocycles. The molecule has 3 N–H and O–H groups in total. The number of pyridine rings is 1. The summed E-state index contributed by atoms with van der Waals surface area (Å²) >= 11 is 0. The molecule has 1 fully saturated rings. The fourth-order valence-electron chi connectivity index (χ4n) is 4.49. The molecule has 3 nitrogen and oxygen atoms in total. The Labute approximate surface area is 171 Å². The second kappa shape index (κ2) is 6.70. The van der Waals surface area contributed by atoms with Crippen molar-refractivity contribution in [3.05, 3.63) is 89.2 Å². The van der Waals surface area contributed by atoms with Crippen LogP contribution in [0.4, 0.5) is 0 Å².